The molecule has 1 aliphatic rings. The predicted molar refractivity (Wildman–Crippen MR) is 96.7 cm³/mol. The van der Waals surface area contributed by atoms with E-state index in [0.29, 0.717) is 31.7 Å². The third kappa shape index (κ3) is 4.09. The standard InChI is InChI=1S/C18H23N5O3/c19-13-18(6-10-26-11-7-18)17(25)20-12-16(24)22-14-2-4-15(5-3-14)23-9-1-8-21-23/h1-5,8-9H,6-7,10-13,19H2,(H,20,25)(H,22,24). The molecule has 1 aliphatic heterocycles. The van der Waals surface area contributed by atoms with E-state index < -0.39 is 5.41 Å². The van der Waals surface area contributed by atoms with E-state index in [2.05, 4.69) is 15.7 Å². The first kappa shape index (κ1) is 18.1. The van der Waals surface area contributed by atoms with Crippen LogP contribution in [0.15, 0.2) is 42.7 Å². The van der Waals surface area contributed by atoms with Crippen LogP contribution in [0.25, 0.3) is 5.69 Å². The Bertz CT molecular complexity index is 737. The van der Waals surface area contributed by atoms with E-state index in [9.17, 15) is 9.59 Å². The van der Waals surface area contributed by atoms with Gasteiger partial charge in [0.15, 0.2) is 0 Å². The number of rotatable bonds is 6. The number of carbonyl (C=O) groups excluding carboxylic acids is 2. The monoisotopic (exact) mass is 357 g/mol. The Balaban J connectivity index is 1.51. The number of amides is 2. The minimum absolute atomic E-state index is 0.0949. The van der Waals surface area contributed by atoms with Gasteiger partial charge < -0.3 is 21.1 Å². The second kappa shape index (κ2) is 8.11. The van der Waals surface area contributed by atoms with Crippen LogP contribution >= 0.6 is 0 Å². The smallest absolute Gasteiger partial charge is 0.243 e. The van der Waals surface area contributed by atoms with Gasteiger partial charge in [-0.2, -0.15) is 5.10 Å². The third-order valence-corrected chi connectivity index (χ3v) is 4.65. The fraction of sp³-hybridized carbons (Fsp3) is 0.389. The first-order valence-electron chi connectivity index (χ1n) is 8.59. The van der Waals surface area contributed by atoms with Crippen molar-refractivity contribution >= 4 is 17.5 Å². The SMILES string of the molecule is NCC1(C(=O)NCC(=O)Nc2ccc(-n3cccn3)cc2)CCOCC1. The maximum atomic E-state index is 12.4. The quantitative estimate of drug-likeness (QED) is 0.704. The first-order chi connectivity index (χ1) is 12.6. The molecule has 26 heavy (non-hydrogen) atoms. The van der Waals surface area contributed by atoms with Crippen molar-refractivity contribution in [2.45, 2.75) is 12.8 Å². The van der Waals surface area contributed by atoms with Crippen molar-refractivity contribution in [3.8, 4) is 5.69 Å². The number of nitrogens with zero attached hydrogens (tertiary/aromatic N) is 2. The number of hydrogen-bond acceptors (Lipinski definition) is 5. The van der Waals surface area contributed by atoms with Crippen molar-refractivity contribution in [1.29, 1.82) is 0 Å². The number of aromatic nitrogens is 2. The molecule has 1 fully saturated rings. The van der Waals surface area contributed by atoms with Gasteiger partial charge in [-0.1, -0.05) is 0 Å². The zero-order chi connectivity index (χ0) is 18.4. The average molecular weight is 357 g/mol. The first-order valence-corrected chi connectivity index (χ1v) is 8.59. The highest BCUT2D eigenvalue weighted by atomic mass is 16.5. The van der Waals surface area contributed by atoms with E-state index in [0.717, 1.165) is 5.69 Å². The lowest BCUT2D eigenvalue weighted by Gasteiger charge is -2.34. The molecule has 138 valence electrons. The molecule has 1 aromatic carbocycles. The maximum absolute atomic E-state index is 12.4. The second-order valence-corrected chi connectivity index (χ2v) is 6.33. The number of carbonyl (C=O) groups is 2. The van der Waals surface area contributed by atoms with Gasteiger partial charge in [-0.3, -0.25) is 9.59 Å². The molecule has 0 aliphatic carbocycles. The Labute approximate surface area is 151 Å². The summed E-state index contributed by atoms with van der Waals surface area (Å²) in [6, 6.07) is 9.12. The van der Waals surface area contributed by atoms with E-state index in [1.165, 1.54) is 0 Å². The second-order valence-electron chi connectivity index (χ2n) is 6.33. The summed E-state index contributed by atoms with van der Waals surface area (Å²) in [6.07, 6.45) is 4.69. The molecule has 8 nitrogen and oxygen atoms in total. The molecular formula is C18H23N5O3. The van der Waals surface area contributed by atoms with Gasteiger partial charge >= 0.3 is 0 Å². The number of ether oxygens (including phenoxy) is 1. The van der Waals surface area contributed by atoms with E-state index in [-0.39, 0.29) is 24.9 Å². The number of nitrogens with one attached hydrogen (secondary N) is 2. The summed E-state index contributed by atoms with van der Waals surface area (Å²) in [5.41, 5.74) is 6.71. The lowest BCUT2D eigenvalue weighted by atomic mass is 9.79. The molecule has 8 heteroatoms. The molecule has 0 radical (unpaired) electrons. The van der Waals surface area contributed by atoms with Gasteiger partial charge in [0.2, 0.25) is 11.8 Å². The molecule has 4 N–H and O–H groups in total. The minimum Gasteiger partial charge on any atom is -0.381 e. The number of hydrogen-bond donors (Lipinski definition) is 3. The van der Waals surface area contributed by atoms with Crippen LogP contribution < -0.4 is 16.4 Å². The summed E-state index contributed by atoms with van der Waals surface area (Å²) in [6.45, 7) is 1.18. The molecule has 2 amide bonds. The summed E-state index contributed by atoms with van der Waals surface area (Å²) >= 11 is 0. The molecule has 2 aromatic rings. The molecule has 1 saturated heterocycles. The fourth-order valence-electron chi connectivity index (χ4n) is 2.96. The zero-order valence-corrected chi connectivity index (χ0v) is 14.5. The molecule has 0 unspecified atom stereocenters. The summed E-state index contributed by atoms with van der Waals surface area (Å²) in [4.78, 5) is 24.6. The summed E-state index contributed by atoms with van der Waals surface area (Å²) in [5.74, 6) is -0.475. The van der Waals surface area contributed by atoms with Crippen LogP contribution in [0.2, 0.25) is 0 Å². The predicted octanol–water partition coefficient (Wildman–Crippen LogP) is 0.682. The third-order valence-electron chi connectivity index (χ3n) is 4.65. The van der Waals surface area contributed by atoms with Gasteiger partial charge in [0, 0.05) is 37.8 Å². The number of anilines is 1. The topological polar surface area (TPSA) is 111 Å². The van der Waals surface area contributed by atoms with Gasteiger partial charge in [-0.05, 0) is 43.2 Å². The summed E-state index contributed by atoms with van der Waals surface area (Å²) < 4.78 is 7.02. The van der Waals surface area contributed by atoms with Crippen molar-refractivity contribution in [2.75, 3.05) is 31.6 Å². The summed E-state index contributed by atoms with van der Waals surface area (Å²) in [5, 5.41) is 9.61. The largest absolute Gasteiger partial charge is 0.381 e. The molecule has 0 atom stereocenters. The highest BCUT2D eigenvalue weighted by Gasteiger charge is 2.38. The van der Waals surface area contributed by atoms with Crippen molar-refractivity contribution in [1.82, 2.24) is 15.1 Å². The van der Waals surface area contributed by atoms with Crippen LogP contribution in [-0.4, -0.2) is 47.9 Å². The van der Waals surface area contributed by atoms with Crippen molar-refractivity contribution in [3.63, 3.8) is 0 Å². The van der Waals surface area contributed by atoms with Crippen molar-refractivity contribution < 1.29 is 14.3 Å². The van der Waals surface area contributed by atoms with Crippen LogP contribution in [0.5, 0.6) is 0 Å². The van der Waals surface area contributed by atoms with E-state index in [1.54, 1.807) is 23.0 Å². The minimum atomic E-state index is -0.635. The molecule has 0 bridgehead atoms. The molecule has 0 spiro atoms. The van der Waals surface area contributed by atoms with Crippen molar-refractivity contribution in [3.05, 3.63) is 42.7 Å². The van der Waals surface area contributed by atoms with Gasteiger partial charge in [0.25, 0.3) is 0 Å². The molecule has 2 heterocycles. The summed E-state index contributed by atoms with van der Waals surface area (Å²) in [7, 11) is 0. The number of nitrogens with two attached hydrogens (primary N) is 1. The highest BCUT2D eigenvalue weighted by Crippen LogP contribution is 2.29. The molecule has 3 rings (SSSR count). The van der Waals surface area contributed by atoms with Gasteiger partial charge in [0.1, 0.15) is 0 Å². The van der Waals surface area contributed by atoms with Crippen molar-refractivity contribution in [2.24, 2.45) is 11.1 Å². The van der Waals surface area contributed by atoms with E-state index in [4.69, 9.17) is 10.5 Å². The van der Waals surface area contributed by atoms with Crippen LogP contribution in [0.3, 0.4) is 0 Å². The highest BCUT2D eigenvalue weighted by molar-refractivity contribution is 5.95. The van der Waals surface area contributed by atoms with Crippen LogP contribution in [0.4, 0.5) is 5.69 Å². The van der Waals surface area contributed by atoms with Gasteiger partial charge in [-0.25, -0.2) is 4.68 Å². The maximum Gasteiger partial charge on any atom is 0.243 e. The zero-order valence-electron chi connectivity index (χ0n) is 14.5. The fourth-order valence-corrected chi connectivity index (χ4v) is 2.96. The Morgan fingerprint density at radius 1 is 1.23 bits per heavy atom. The van der Waals surface area contributed by atoms with E-state index in [1.807, 2.05) is 24.4 Å². The van der Waals surface area contributed by atoms with Gasteiger partial charge in [-0.15, -0.1) is 0 Å². The average Bonchev–Trinajstić information content (AvgIpc) is 3.22. The van der Waals surface area contributed by atoms with Crippen LogP contribution in [0, 0.1) is 5.41 Å². The van der Waals surface area contributed by atoms with Gasteiger partial charge in [0.05, 0.1) is 17.6 Å². The molecule has 0 saturated carbocycles. The lowest BCUT2D eigenvalue weighted by Crippen LogP contribution is -2.50. The lowest BCUT2D eigenvalue weighted by molar-refractivity contribution is -0.137. The molecular weight excluding hydrogens is 334 g/mol. The Morgan fingerprint density at radius 2 is 1.96 bits per heavy atom. The Kier molecular flexibility index (Phi) is 5.65. The van der Waals surface area contributed by atoms with E-state index >= 15 is 0 Å². The number of benzene rings is 1. The molecule has 1 aromatic heterocycles. The Hall–Kier alpha value is -2.71. The van der Waals surface area contributed by atoms with Crippen LogP contribution in [0.1, 0.15) is 12.8 Å². The normalized spacial score (nSPS) is 16.0. The Morgan fingerprint density at radius 3 is 2.58 bits per heavy atom. The van der Waals surface area contributed by atoms with Crippen LogP contribution in [-0.2, 0) is 14.3 Å².